The Morgan fingerprint density at radius 1 is 0.833 bits per heavy atom. The van der Waals surface area contributed by atoms with Crippen molar-refractivity contribution in [1.82, 2.24) is 0 Å². The molecular formula is C17H18P+. The molecule has 90 valence electrons. The summed E-state index contributed by atoms with van der Waals surface area (Å²) in [5.74, 6) is 0. The summed E-state index contributed by atoms with van der Waals surface area (Å²) >= 11 is 0. The van der Waals surface area contributed by atoms with Crippen LogP contribution in [0.3, 0.4) is 0 Å². The maximum Gasteiger partial charge on any atom is 0.107 e. The van der Waals surface area contributed by atoms with Gasteiger partial charge in [-0.2, -0.15) is 0 Å². The van der Waals surface area contributed by atoms with Crippen LogP contribution in [0.4, 0.5) is 0 Å². The third-order valence-corrected chi connectivity index (χ3v) is 9.66. The zero-order valence-corrected chi connectivity index (χ0v) is 11.7. The molecule has 4 rings (SSSR count). The first-order chi connectivity index (χ1) is 8.82. The SMILES string of the molecule is C[P+]1(C2CCC2)c2ccccc2-c2ccccc21. The van der Waals surface area contributed by atoms with Crippen molar-refractivity contribution in [3.05, 3.63) is 48.5 Å². The van der Waals surface area contributed by atoms with Crippen LogP contribution in [0.2, 0.25) is 0 Å². The van der Waals surface area contributed by atoms with Crippen molar-refractivity contribution in [2.45, 2.75) is 24.9 Å². The molecule has 0 saturated heterocycles. The lowest BCUT2D eigenvalue weighted by atomic mass is 10.00. The second-order valence-corrected chi connectivity index (χ2v) is 9.54. The van der Waals surface area contributed by atoms with Gasteiger partial charge >= 0.3 is 0 Å². The third kappa shape index (κ3) is 1.20. The lowest BCUT2D eigenvalue weighted by molar-refractivity contribution is 0.514. The summed E-state index contributed by atoms with van der Waals surface area (Å²) in [5.41, 5.74) is 3.97. The highest BCUT2D eigenvalue weighted by molar-refractivity contribution is 7.90. The zero-order valence-electron chi connectivity index (χ0n) is 10.8. The molecule has 0 amide bonds. The molecule has 1 heterocycles. The van der Waals surface area contributed by atoms with Gasteiger partial charge in [-0.3, -0.25) is 0 Å². The fraction of sp³-hybridized carbons (Fsp3) is 0.294. The maximum atomic E-state index is 2.57. The molecule has 1 aliphatic carbocycles. The molecule has 0 spiro atoms. The van der Waals surface area contributed by atoms with Crippen LogP contribution in [0.25, 0.3) is 11.1 Å². The van der Waals surface area contributed by atoms with Crippen molar-refractivity contribution in [3.8, 4) is 11.1 Å². The summed E-state index contributed by atoms with van der Waals surface area (Å²) in [4.78, 5) is 0. The Morgan fingerprint density at radius 2 is 1.33 bits per heavy atom. The summed E-state index contributed by atoms with van der Waals surface area (Å²) in [7, 11) is -1.10. The Labute approximate surface area is 109 Å². The number of hydrogen-bond acceptors (Lipinski definition) is 0. The molecule has 0 aromatic heterocycles. The van der Waals surface area contributed by atoms with Gasteiger partial charge in [-0.05, 0) is 31.4 Å². The summed E-state index contributed by atoms with van der Waals surface area (Å²) in [6.45, 7) is 2.57. The molecule has 18 heavy (non-hydrogen) atoms. The van der Waals surface area contributed by atoms with Crippen molar-refractivity contribution in [2.24, 2.45) is 0 Å². The van der Waals surface area contributed by atoms with Gasteiger partial charge in [-0.15, -0.1) is 0 Å². The Hall–Kier alpha value is -1.13. The van der Waals surface area contributed by atoms with E-state index in [1.165, 1.54) is 30.4 Å². The van der Waals surface area contributed by atoms with E-state index in [1.54, 1.807) is 10.6 Å². The fourth-order valence-electron chi connectivity index (χ4n) is 3.64. The Balaban J connectivity index is 2.03. The molecule has 1 heteroatoms. The molecule has 0 N–H and O–H groups in total. The average molecular weight is 253 g/mol. The molecular weight excluding hydrogens is 235 g/mol. The minimum absolute atomic E-state index is 0.947. The van der Waals surface area contributed by atoms with Gasteiger partial charge in [0.15, 0.2) is 0 Å². The number of hydrogen-bond donors (Lipinski definition) is 0. The molecule has 0 unspecified atom stereocenters. The van der Waals surface area contributed by atoms with E-state index in [4.69, 9.17) is 0 Å². The Morgan fingerprint density at radius 3 is 1.78 bits per heavy atom. The summed E-state index contributed by atoms with van der Waals surface area (Å²) < 4.78 is 0. The largest absolute Gasteiger partial charge is 0.107 e. The van der Waals surface area contributed by atoms with Crippen LogP contribution >= 0.6 is 7.26 Å². The van der Waals surface area contributed by atoms with E-state index in [-0.39, 0.29) is 0 Å². The second-order valence-electron chi connectivity index (χ2n) is 5.69. The lowest BCUT2D eigenvalue weighted by Crippen LogP contribution is -2.32. The van der Waals surface area contributed by atoms with Crippen LogP contribution in [0.5, 0.6) is 0 Å². The lowest BCUT2D eigenvalue weighted by Gasteiger charge is -2.34. The molecule has 2 aliphatic rings. The monoisotopic (exact) mass is 253 g/mol. The molecule has 0 bridgehead atoms. The normalized spacial score (nSPS) is 20.1. The molecule has 1 aliphatic heterocycles. The van der Waals surface area contributed by atoms with Gasteiger partial charge < -0.3 is 0 Å². The highest BCUT2D eigenvalue weighted by Crippen LogP contribution is 2.68. The van der Waals surface area contributed by atoms with Crippen LogP contribution in [-0.4, -0.2) is 12.3 Å². The van der Waals surface area contributed by atoms with Crippen molar-refractivity contribution in [3.63, 3.8) is 0 Å². The second kappa shape index (κ2) is 3.68. The van der Waals surface area contributed by atoms with E-state index in [9.17, 15) is 0 Å². The van der Waals surface area contributed by atoms with Gasteiger partial charge in [0.2, 0.25) is 0 Å². The first-order valence-corrected chi connectivity index (χ1v) is 9.18. The van der Waals surface area contributed by atoms with Crippen LogP contribution < -0.4 is 10.6 Å². The first kappa shape index (κ1) is 10.8. The van der Waals surface area contributed by atoms with E-state index < -0.39 is 7.26 Å². The minimum Gasteiger partial charge on any atom is -0.0614 e. The minimum atomic E-state index is -1.10. The van der Waals surface area contributed by atoms with Gasteiger partial charge in [0.05, 0.1) is 19.6 Å². The van der Waals surface area contributed by atoms with E-state index >= 15 is 0 Å². The number of fused-ring (bicyclic) bond motifs is 3. The zero-order chi connectivity index (χ0) is 12.2. The Kier molecular flexibility index (Phi) is 2.20. The number of benzene rings is 2. The molecule has 2 aromatic carbocycles. The van der Waals surface area contributed by atoms with Crippen molar-refractivity contribution in [2.75, 3.05) is 6.66 Å². The van der Waals surface area contributed by atoms with E-state index in [2.05, 4.69) is 55.2 Å². The van der Waals surface area contributed by atoms with E-state index in [1.807, 2.05) is 0 Å². The molecule has 2 aromatic rings. The highest BCUT2D eigenvalue weighted by Gasteiger charge is 2.54. The van der Waals surface area contributed by atoms with Crippen LogP contribution in [0.1, 0.15) is 19.3 Å². The summed E-state index contributed by atoms with van der Waals surface area (Å²) in [6, 6.07) is 18.2. The maximum absolute atomic E-state index is 2.57. The topological polar surface area (TPSA) is 0 Å². The van der Waals surface area contributed by atoms with E-state index in [0.29, 0.717) is 0 Å². The van der Waals surface area contributed by atoms with Gasteiger partial charge in [-0.1, -0.05) is 36.4 Å². The smallest absolute Gasteiger partial charge is 0.0614 e. The summed E-state index contributed by atoms with van der Waals surface area (Å²) in [6.07, 6.45) is 4.31. The average Bonchev–Trinajstić information content (AvgIpc) is 2.60. The van der Waals surface area contributed by atoms with Crippen molar-refractivity contribution in [1.29, 1.82) is 0 Å². The molecule has 0 nitrogen and oxygen atoms in total. The van der Waals surface area contributed by atoms with Crippen LogP contribution in [0.15, 0.2) is 48.5 Å². The number of rotatable bonds is 1. The predicted molar refractivity (Wildman–Crippen MR) is 81.6 cm³/mol. The van der Waals surface area contributed by atoms with Crippen molar-refractivity contribution >= 4 is 17.9 Å². The molecule has 1 saturated carbocycles. The first-order valence-electron chi connectivity index (χ1n) is 6.87. The van der Waals surface area contributed by atoms with Crippen molar-refractivity contribution < 1.29 is 0 Å². The quantitative estimate of drug-likeness (QED) is 0.678. The van der Waals surface area contributed by atoms with Gasteiger partial charge in [-0.25, -0.2) is 0 Å². The van der Waals surface area contributed by atoms with Gasteiger partial charge in [0, 0.05) is 11.1 Å². The third-order valence-electron chi connectivity index (χ3n) is 4.90. The molecule has 0 radical (unpaired) electrons. The van der Waals surface area contributed by atoms with E-state index in [0.717, 1.165) is 5.66 Å². The molecule has 0 atom stereocenters. The van der Waals surface area contributed by atoms with Gasteiger partial charge in [0.25, 0.3) is 0 Å². The Bertz CT molecular complexity index is 565. The predicted octanol–water partition coefficient (Wildman–Crippen LogP) is 3.82. The highest BCUT2D eigenvalue weighted by atomic mass is 31.2. The molecule has 1 fully saturated rings. The fourth-order valence-corrected chi connectivity index (χ4v) is 8.27. The summed E-state index contributed by atoms with van der Waals surface area (Å²) in [5, 5.41) is 3.33. The van der Waals surface area contributed by atoms with Crippen LogP contribution in [-0.2, 0) is 0 Å². The standard InChI is InChI=1S/C17H18P/c1-18(13-7-6-8-13)16-11-4-2-9-14(16)15-10-3-5-12-17(15)18/h2-5,9-13H,6-8H2,1H3/q+1. The van der Waals surface area contributed by atoms with Gasteiger partial charge in [0.1, 0.15) is 10.6 Å². The van der Waals surface area contributed by atoms with Crippen LogP contribution in [0, 0.1) is 0 Å².